The van der Waals surface area contributed by atoms with Crippen LogP contribution in [0.2, 0.25) is 0 Å². The van der Waals surface area contributed by atoms with Gasteiger partial charge in [0.15, 0.2) is 0 Å². The molecule has 0 spiro atoms. The predicted octanol–water partition coefficient (Wildman–Crippen LogP) is 2.33. The van der Waals surface area contributed by atoms with Crippen molar-refractivity contribution in [2.75, 3.05) is 0 Å². The molecule has 88 valence electrons. The van der Waals surface area contributed by atoms with Gasteiger partial charge in [-0.05, 0) is 18.6 Å². The van der Waals surface area contributed by atoms with E-state index in [1.165, 1.54) is 6.26 Å². The number of rotatable bonds is 3. The zero-order valence-electron chi connectivity index (χ0n) is 8.71. The van der Waals surface area contributed by atoms with Gasteiger partial charge >= 0.3 is 0 Å². The van der Waals surface area contributed by atoms with E-state index in [1.54, 1.807) is 12.1 Å². The van der Waals surface area contributed by atoms with Crippen molar-refractivity contribution >= 4 is 5.91 Å². The molecule has 0 radical (unpaired) electrons. The second-order valence-electron chi connectivity index (χ2n) is 4.09. The SMILES string of the molecule is O=C(NCc1ccco1)C1CCC(F)(F)C1. The number of amides is 1. The molecule has 1 heterocycles. The topological polar surface area (TPSA) is 42.2 Å². The first kappa shape index (κ1) is 11.1. The summed E-state index contributed by atoms with van der Waals surface area (Å²) in [6.07, 6.45) is 1.24. The van der Waals surface area contributed by atoms with Gasteiger partial charge in [0.05, 0.1) is 12.8 Å². The van der Waals surface area contributed by atoms with E-state index in [4.69, 9.17) is 4.42 Å². The molecule has 3 nitrogen and oxygen atoms in total. The standard InChI is InChI=1S/C11H13F2NO2/c12-11(13)4-3-8(6-11)10(15)14-7-9-2-1-5-16-9/h1-2,5,8H,3-4,6-7H2,(H,14,15). The summed E-state index contributed by atoms with van der Waals surface area (Å²) in [4.78, 5) is 11.5. The fourth-order valence-corrected chi connectivity index (χ4v) is 1.91. The molecule has 5 heteroatoms. The van der Waals surface area contributed by atoms with Crippen molar-refractivity contribution in [1.29, 1.82) is 0 Å². The number of alkyl halides is 2. The summed E-state index contributed by atoms with van der Waals surface area (Å²) < 4.78 is 30.8. The summed E-state index contributed by atoms with van der Waals surface area (Å²) >= 11 is 0. The van der Waals surface area contributed by atoms with Crippen LogP contribution in [-0.4, -0.2) is 11.8 Å². The first-order valence-corrected chi connectivity index (χ1v) is 5.25. The molecule has 16 heavy (non-hydrogen) atoms. The van der Waals surface area contributed by atoms with Crippen molar-refractivity contribution in [2.45, 2.75) is 31.7 Å². The highest BCUT2D eigenvalue weighted by Gasteiger charge is 2.42. The van der Waals surface area contributed by atoms with Crippen molar-refractivity contribution < 1.29 is 18.0 Å². The highest BCUT2D eigenvalue weighted by molar-refractivity contribution is 5.78. The predicted molar refractivity (Wildman–Crippen MR) is 52.8 cm³/mol. The molecule has 0 aromatic carbocycles. The summed E-state index contributed by atoms with van der Waals surface area (Å²) in [5, 5.41) is 2.60. The van der Waals surface area contributed by atoms with Gasteiger partial charge in [-0.2, -0.15) is 0 Å². The third kappa shape index (κ3) is 2.59. The Labute approximate surface area is 91.8 Å². The van der Waals surface area contributed by atoms with Gasteiger partial charge < -0.3 is 9.73 Å². The minimum atomic E-state index is -2.67. The van der Waals surface area contributed by atoms with E-state index in [2.05, 4.69) is 5.32 Å². The monoisotopic (exact) mass is 229 g/mol. The number of halogens is 2. The summed E-state index contributed by atoms with van der Waals surface area (Å²) in [5.41, 5.74) is 0. The molecule has 0 aliphatic heterocycles. The van der Waals surface area contributed by atoms with E-state index in [0.717, 1.165) is 0 Å². The molecule has 1 amide bonds. The minimum absolute atomic E-state index is 0.189. The third-order valence-electron chi connectivity index (χ3n) is 2.79. The highest BCUT2D eigenvalue weighted by Crippen LogP contribution is 2.38. The number of hydrogen-bond donors (Lipinski definition) is 1. The Balaban J connectivity index is 1.81. The van der Waals surface area contributed by atoms with Gasteiger partial charge in [0.1, 0.15) is 5.76 Å². The lowest BCUT2D eigenvalue weighted by Crippen LogP contribution is -2.29. The maximum absolute atomic E-state index is 12.9. The van der Waals surface area contributed by atoms with Crippen molar-refractivity contribution in [2.24, 2.45) is 5.92 Å². The van der Waals surface area contributed by atoms with Crippen LogP contribution in [0.3, 0.4) is 0 Å². The molecule has 1 saturated carbocycles. The number of nitrogens with one attached hydrogen (secondary N) is 1. The molecule has 1 N–H and O–H groups in total. The van der Waals surface area contributed by atoms with E-state index in [0.29, 0.717) is 5.76 Å². The fourth-order valence-electron chi connectivity index (χ4n) is 1.91. The quantitative estimate of drug-likeness (QED) is 0.864. The lowest BCUT2D eigenvalue weighted by molar-refractivity contribution is -0.126. The van der Waals surface area contributed by atoms with Crippen LogP contribution in [0.15, 0.2) is 22.8 Å². The number of carbonyl (C=O) groups excluding carboxylic acids is 1. The maximum Gasteiger partial charge on any atom is 0.248 e. The van der Waals surface area contributed by atoms with Crippen LogP contribution >= 0.6 is 0 Å². The minimum Gasteiger partial charge on any atom is -0.467 e. The van der Waals surface area contributed by atoms with Crippen LogP contribution in [0.1, 0.15) is 25.0 Å². The Morgan fingerprint density at radius 1 is 1.62 bits per heavy atom. The van der Waals surface area contributed by atoms with E-state index < -0.39 is 11.8 Å². The fraction of sp³-hybridized carbons (Fsp3) is 0.545. The zero-order valence-corrected chi connectivity index (χ0v) is 8.71. The molecule has 1 aromatic heterocycles. The maximum atomic E-state index is 12.9. The molecule has 1 aliphatic carbocycles. The van der Waals surface area contributed by atoms with Crippen LogP contribution in [0, 0.1) is 5.92 Å². The van der Waals surface area contributed by atoms with Crippen molar-refractivity contribution in [3.8, 4) is 0 Å². The van der Waals surface area contributed by atoms with Gasteiger partial charge in [-0.25, -0.2) is 8.78 Å². The molecule has 1 unspecified atom stereocenters. The summed E-state index contributed by atoms with van der Waals surface area (Å²) in [6.45, 7) is 0.258. The normalized spacial score (nSPS) is 23.2. The molecule has 1 aromatic rings. The van der Waals surface area contributed by atoms with E-state index in [-0.39, 0.29) is 31.7 Å². The van der Waals surface area contributed by atoms with Gasteiger partial charge in [0.2, 0.25) is 11.8 Å². The first-order chi connectivity index (χ1) is 7.57. The Morgan fingerprint density at radius 2 is 2.44 bits per heavy atom. The van der Waals surface area contributed by atoms with Gasteiger partial charge in [-0.15, -0.1) is 0 Å². The van der Waals surface area contributed by atoms with Crippen LogP contribution in [0.4, 0.5) is 8.78 Å². The second kappa shape index (κ2) is 4.23. The lowest BCUT2D eigenvalue weighted by Gasteiger charge is -2.10. The lowest BCUT2D eigenvalue weighted by atomic mass is 10.1. The summed E-state index contributed by atoms with van der Waals surface area (Å²) in [5.74, 6) is -2.93. The number of furan rings is 1. The number of hydrogen-bond acceptors (Lipinski definition) is 2. The molecule has 1 fully saturated rings. The average Bonchev–Trinajstić information content (AvgIpc) is 2.83. The molecular formula is C11H13F2NO2. The average molecular weight is 229 g/mol. The summed E-state index contributed by atoms with van der Waals surface area (Å²) in [6, 6.07) is 3.44. The Morgan fingerprint density at radius 3 is 3.00 bits per heavy atom. The molecule has 2 rings (SSSR count). The van der Waals surface area contributed by atoms with Crippen LogP contribution < -0.4 is 5.32 Å². The molecular weight excluding hydrogens is 216 g/mol. The largest absolute Gasteiger partial charge is 0.467 e. The molecule has 0 bridgehead atoms. The van der Waals surface area contributed by atoms with Crippen LogP contribution in [0.5, 0.6) is 0 Å². The molecule has 1 atom stereocenters. The molecule has 0 saturated heterocycles. The Kier molecular flexibility index (Phi) is 2.94. The van der Waals surface area contributed by atoms with Crippen molar-refractivity contribution in [3.05, 3.63) is 24.2 Å². The smallest absolute Gasteiger partial charge is 0.248 e. The van der Waals surface area contributed by atoms with Gasteiger partial charge in [-0.1, -0.05) is 0 Å². The molecule has 1 aliphatic rings. The summed E-state index contributed by atoms with van der Waals surface area (Å²) in [7, 11) is 0. The van der Waals surface area contributed by atoms with E-state index in [9.17, 15) is 13.6 Å². The third-order valence-corrected chi connectivity index (χ3v) is 2.79. The zero-order chi connectivity index (χ0) is 11.6. The van der Waals surface area contributed by atoms with Crippen molar-refractivity contribution in [1.82, 2.24) is 5.32 Å². The Hall–Kier alpha value is -1.39. The van der Waals surface area contributed by atoms with Crippen molar-refractivity contribution in [3.63, 3.8) is 0 Å². The van der Waals surface area contributed by atoms with Gasteiger partial charge in [0.25, 0.3) is 0 Å². The number of carbonyl (C=O) groups is 1. The van der Waals surface area contributed by atoms with Crippen LogP contribution in [-0.2, 0) is 11.3 Å². The highest BCUT2D eigenvalue weighted by atomic mass is 19.3. The van der Waals surface area contributed by atoms with Gasteiger partial charge in [-0.3, -0.25) is 4.79 Å². The van der Waals surface area contributed by atoms with E-state index >= 15 is 0 Å². The second-order valence-corrected chi connectivity index (χ2v) is 4.09. The van der Waals surface area contributed by atoms with Crippen LogP contribution in [0.25, 0.3) is 0 Å². The van der Waals surface area contributed by atoms with E-state index in [1.807, 2.05) is 0 Å². The van der Waals surface area contributed by atoms with Gasteiger partial charge in [0, 0.05) is 18.8 Å². The first-order valence-electron chi connectivity index (χ1n) is 5.25. The Bertz CT molecular complexity index is 362.